The van der Waals surface area contributed by atoms with Crippen LogP contribution < -0.4 is 4.74 Å². The van der Waals surface area contributed by atoms with Gasteiger partial charge in [0.1, 0.15) is 5.56 Å². The Labute approximate surface area is 92.2 Å². The summed E-state index contributed by atoms with van der Waals surface area (Å²) in [5, 5.41) is 8.70. The predicted octanol–water partition coefficient (Wildman–Crippen LogP) is 1.88. The van der Waals surface area contributed by atoms with Crippen LogP contribution in [-0.2, 0) is 4.74 Å². The quantitative estimate of drug-likeness (QED) is 0.734. The number of benzene rings is 1. The van der Waals surface area contributed by atoms with E-state index in [4.69, 9.17) is 10.00 Å². The summed E-state index contributed by atoms with van der Waals surface area (Å²) in [6, 6.07) is 4.17. The van der Waals surface area contributed by atoms with Gasteiger partial charge in [-0.2, -0.15) is 5.26 Å². The molecule has 0 heterocycles. The van der Waals surface area contributed by atoms with E-state index in [0.717, 1.165) is 6.07 Å². The lowest BCUT2D eigenvalue weighted by Gasteiger charge is -2.07. The molecule has 0 bridgehead atoms. The standard InChI is InChI=1S/C11H10FNO3/c1-3-16-11(14)8-4-7(6-13)5-9(15-2)10(8)12/h4-5H,3H2,1-2H3. The highest BCUT2D eigenvalue weighted by Crippen LogP contribution is 2.23. The topological polar surface area (TPSA) is 59.3 Å². The maximum absolute atomic E-state index is 13.6. The molecule has 0 N–H and O–H groups in total. The molecule has 0 aliphatic carbocycles. The largest absolute Gasteiger partial charge is 0.494 e. The average molecular weight is 223 g/mol. The van der Waals surface area contributed by atoms with Crippen LogP contribution >= 0.6 is 0 Å². The molecule has 16 heavy (non-hydrogen) atoms. The molecule has 5 heteroatoms. The van der Waals surface area contributed by atoms with E-state index >= 15 is 0 Å². The van der Waals surface area contributed by atoms with Crippen LogP contribution in [0.5, 0.6) is 5.75 Å². The SMILES string of the molecule is CCOC(=O)c1cc(C#N)cc(OC)c1F. The van der Waals surface area contributed by atoms with Crippen molar-refractivity contribution in [3.8, 4) is 11.8 Å². The second-order valence-corrected chi connectivity index (χ2v) is 2.87. The first-order chi connectivity index (χ1) is 7.63. The summed E-state index contributed by atoms with van der Waals surface area (Å²) in [5.41, 5.74) is -0.154. The zero-order valence-corrected chi connectivity index (χ0v) is 8.91. The minimum atomic E-state index is -0.819. The number of hydrogen-bond acceptors (Lipinski definition) is 4. The summed E-state index contributed by atoms with van der Waals surface area (Å²) in [5.74, 6) is -1.78. The van der Waals surface area contributed by atoms with Crippen molar-refractivity contribution in [3.63, 3.8) is 0 Å². The lowest BCUT2D eigenvalue weighted by atomic mass is 10.1. The van der Waals surface area contributed by atoms with Gasteiger partial charge in [-0.1, -0.05) is 0 Å². The van der Waals surface area contributed by atoms with Crippen molar-refractivity contribution in [3.05, 3.63) is 29.1 Å². The van der Waals surface area contributed by atoms with Crippen molar-refractivity contribution in [2.24, 2.45) is 0 Å². The van der Waals surface area contributed by atoms with E-state index in [9.17, 15) is 9.18 Å². The van der Waals surface area contributed by atoms with Gasteiger partial charge in [0.15, 0.2) is 11.6 Å². The number of halogens is 1. The molecule has 0 saturated heterocycles. The molecular weight excluding hydrogens is 213 g/mol. The zero-order chi connectivity index (χ0) is 12.1. The first-order valence-electron chi connectivity index (χ1n) is 4.58. The summed E-state index contributed by atoms with van der Waals surface area (Å²) in [7, 11) is 1.26. The van der Waals surface area contributed by atoms with Crippen LogP contribution in [0.2, 0.25) is 0 Å². The molecule has 0 aromatic heterocycles. The third-order valence-electron chi connectivity index (χ3n) is 1.88. The van der Waals surface area contributed by atoms with Crippen LogP contribution in [-0.4, -0.2) is 19.7 Å². The Morgan fingerprint density at radius 3 is 2.75 bits per heavy atom. The van der Waals surface area contributed by atoms with Gasteiger partial charge < -0.3 is 9.47 Å². The Bertz CT molecular complexity index is 451. The minimum absolute atomic E-state index is 0.136. The van der Waals surface area contributed by atoms with E-state index in [1.54, 1.807) is 6.92 Å². The maximum atomic E-state index is 13.6. The van der Waals surface area contributed by atoms with Crippen LogP contribution in [0.1, 0.15) is 22.8 Å². The zero-order valence-electron chi connectivity index (χ0n) is 8.91. The summed E-state index contributed by atoms with van der Waals surface area (Å²) in [6.07, 6.45) is 0. The van der Waals surface area contributed by atoms with Gasteiger partial charge in [0.25, 0.3) is 0 Å². The Morgan fingerprint density at radius 1 is 1.56 bits per heavy atom. The molecule has 0 aliphatic rings. The van der Waals surface area contributed by atoms with E-state index < -0.39 is 11.8 Å². The average Bonchev–Trinajstić information content (AvgIpc) is 2.29. The second-order valence-electron chi connectivity index (χ2n) is 2.87. The summed E-state index contributed by atoms with van der Waals surface area (Å²) in [6.45, 7) is 1.75. The molecule has 1 rings (SSSR count). The van der Waals surface area contributed by atoms with Crippen molar-refractivity contribution >= 4 is 5.97 Å². The van der Waals surface area contributed by atoms with Gasteiger partial charge in [-0.3, -0.25) is 0 Å². The first kappa shape index (κ1) is 12.0. The number of hydrogen-bond donors (Lipinski definition) is 0. The lowest BCUT2D eigenvalue weighted by molar-refractivity contribution is 0.0520. The van der Waals surface area contributed by atoms with Crippen LogP contribution in [0.25, 0.3) is 0 Å². The Kier molecular flexibility index (Phi) is 3.84. The third-order valence-corrected chi connectivity index (χ3v) is 1.88. The van der Waals surface area contributed by atoms with E-state index in [0.29, 0.717) is 0 Å². The van der Waals surface area contributed by atoms with Gasteiger partial charge in [0.2, 0.25) is 0 Å². The molecule has 0 atom stereocenters. The smallest absolute Gasteiger partial charge is 0.341 e. The van der Waals surface area contributed by atoms with Crippen molar-refractivity contribution in [2.75, 3.05) is 13.7 Å². The highest BCUT2D eigenvalue weighted by Gasteiger charge is 2.18. The molecule has 0 saturated carbocycles. The summed E-state index contributed by atoms with van der Waals surface area (Å²) < 4.78 is 23.0. The van der Waals surface area contributed by atoms with Crippen LogP contribution in [0.4, 0.5) is 4.39 Å². The Hall–Kier alpha value is -2.09. The minimum Gasteiger partial charge on any atom is -0.494 e. The van der Waals surface area contributed by atoms with Crippen molar-refractivity contribution < 1.29 is 18.7 Å². The van der Waals surface area contributed by atoms with E-state index in [1.165, 1.54) is 13.2 Å². The number of nitrogens with zero attached hydrogens (tertiary/aromatic N) is 1. The highest BCUT2D eigenvalue weighted by atomic mass is 19.1. The fourth-order valence-electron chi connectivity index (χ4n) is 1.17. The number of ether oxygens (including phenoxy) is 2. The van der Waals surface area contributed by atoms with Crippen molar-refractivity contribution in [1.29, 1.82) is 5.26 Å². The molecule has 0 aliphatic heterocycles. The molecule has 0 fully saturated rings. The molecule has 1 aromatic rings. The van der Waals surface area contributed by atoms with Crippen LogP contribution in [0.3, 0.4) is 0 Å². The number of esters is 1. The molecule has 0 unspecified atom stereocenters. The van der Waals surface area contributed by atoms with E-state index in [1.807, 2.05) is 6.07 Å². The summed E-state index contributed by atoms with van der Waals surface area (Å²) >= 11 is 0. The predicted molar refractivity (Wildman–Crippen MR) is 53.6 cm³/mol. The van der Waals surface area contributed by atoms with Crippen molar-refractivity contribution in [1.82, 2.24) is 0 Å². The van der Waals surface area contributed by atoms with Crippen molar-refractivity contribution in [2.45, 2.75) is 6.92 Å². The molecule has 4 nitrogen and oxygen atoms in total. The Morgan fingerprint density at radius 2 is 2.25 bits per heavy atom. The molecule has 0 radical (unpaired) electrons. The monoisotopic (exact) mass is 223 g/mol. The van der Waals surface area contributed by atoms with Gasteiger partial charge in [0.05, 0.1) is 25.3 Å². The number of nitriles is 1. The number of methoxy groups -OCH3 is 1. The Balaban J connectivity index is 3.27. The van der Waals surface area contributed by atoms with Gasteiger partial charge in [-0.05, 0) is 13.0 Å². The fourth-order valence-corrected chi connectivity index (χ4v) is 1.17. The van der Waals surface area contributed by atoms with Gasteiger partial charge in [-0.25, -0.2) is 9.18 Å². The fraction of sp³-hybridized carbons (Fsp3) is 0.273. The second kappa shape index (κ2) is 5.12. The first-order valence-corrected chi connectivity index (χ1v) is 4.58. The maximum Gasteiger partial charge on any atom is 0.341 e. The lowest BCUT2D eigenvalue weighted by Crippen LogP contribution is -2.08. The highest BCUT2D eigenvalue weighted by molar-refractivity contribution is 5.90. The van der Waals surface area contributed by atoms with E-state index in [2.05, 4.69) is 4.74 Å². The molecule has 1 aromatic carbocycles. The van der Waals surface area contributed by atoms with Gasteiger partial charge in [-0.15, -0.1) is 0 Å². The van der Waals surface area contributed by atoms with Gasteiger partial charge >= 0.3 is 5.97 Å². The van der Waals surface area contributed by atoms with Crippen LogP contribution in [0, 0.1) is 17.1 Å². The molecular formula is C11H10FNO3. The molecule has 84 valence electrons. The van der Waals surface area contributed by atoms with E-state index in [-0.39, 0.29) is 23.5 Å². The number of rotatable bonds is 3. The summed E-state index contributed by atoms with van der Waals surface area (Å²) in [4.78, 5) is 11.4. The third kappa shape index (κ3) is 2.28. The van der Waals surface area contributed by atoms with Gasteiger partial charge in [0, 0.05) is 6.07 Å². The molecule has 0 spiro atoms. The number of carbonyl (C=O) groups excluding carboxylic acids is 1. The van der Waals surface area contributed by atoms with Crippen LogP contribution in [0.15, 0.2) is 12.1 Å². The number of carbonyl (C=O) groups is 1. The normalized spacial score (nSPS) is 9.38. The molecule has 0 amide bonds.